The second kappa shape index (κ2) is 7.64. The molecular weight excluding hydrogens is 316 g/mol. The molecule has 5 nitrogen and oxygen atoms in total. The van der Waals surface area contributed by atoms with Gasteiger partial charge in [0.25, 0.3) is 0 Å². The van der Waals surface area contributed by atoms with Crippen LogP contribution >= 0.6 is 12.4 Å². The molecule has 1 heterocycles. The van der Waals surface area contributed by atoms with Crippen LogP contribution in [0.3, 0.4) is 0 Å². The van der Waals surface area contributed by atoms with Crippen molar-refractivity contribution in [2.45, 2.75) is 31.2 Å². The SMILES string of the molecule is COC[C@H]1C[C@@H](NCc2cn(C)c3ccccc23)[C@H](O)[C@@H]1O.Cl. The first kappa shape index (κ1) is 18.2. The minimum Gasteiger partial charge on any atom is -0.390 e. The Balaban J connectivity index is 0.00000192. The lowest BCUT2D eigenvalue weighted by atomic mass is 10.1. The van der Waals surface area contributed by atoms with Crippen LogP contribution in [0.15, 0.2) is 30.5 Å². The summed E-state index contributed by atoms with van der Waals surface area (Å²) in [6.07, 6.45) is 1.38. The van der Waals surface area contributed by atoms with Gasteiger partial charge in [-0.2, -0.15) is 0 Å². The molecule has 3 rings (SSSR count). The Bertz CT molecular complexity index is 646. The third-order valence-electron chi connectivity index (χ3n) is 4.72. The van der Waals surface area contributed by atoms with E-state index in [0.717, 1.165) is 6.42 Å². The highest BCUT2D eigenvalue weighted by molar-refractivity contribution is 5.85. The zero-order valence-electron chi connectivity index (χ0n) is 13.5. The van der Waals surface area contributed by atoms with Crippen LogP contribution in [0, 0.1) is 5.92 Å². The number of aromatic nitrogens is 1. The first-order valence-corrected chi connectivity index (χ1v) is 7.73. The van der Waals surface area contributed by atoms with Crippen LogP contribution in [0.25, 0.3) is 10.9 Å². The summed E-state index contributed by atoms with van der Waals surface area (Å²) >= 11 is 0. The first-order valence-electron chi connectivity index (χ1n) is 7.73. The number of fused-ring (bicyclic) bond motifs is 1. The summed E-state index contributed by atoms with van der Waals surface area (Å²) in [5.41, 5.74) is 2.40. The lowest BCUT2D eigenvalue weighted by Gasteiger charge is -2.18. The number of ether oxygens (including phenoxy) is 1. The van der Waals surface area contributed by atoms with Crippen molar-refractivity contribution in [1.82, 2.24) is 9.88 Å². The number of benzene rings is 1. The van der Waals surface area contributed by atoms with E-state index in [4.69, 9.17) is 4.74 Å². The van der Waals surface area contributed by atoms with Crippen molar-refractivity contribution < 1.29 is 14.9 Å². The molecule has 0 amide bonds. The molecule has 0 aliphatic heterocycles. The monoisotopic (exact) mass is 340 g/mol. The summed E-state index contributed by atoms with van der Waals surface area (Å²) in [5.74, 6) is -0.00924. The van der Waals surface area contributed by atoms with E-state index in [9.17, 15) is 10.2 Å². The van der Waals surface area contributed by atoms with E-state index in [2.05, 4.69) is 28.2 Å². The molecule has 128 valence electrons. The van der Waals surface area contributed by atoms with Crippen LogP contribution < -0.4 is 5.32 Å². The number of para-hydroxylation sites is 1. The van der Waals surface area contributed by atoms with Gasteiger partial charge in [-0.15, -0.1) is 12.4 Å². The smallest absolute Gasteiger partial charge is 0.0955 e. The van der Waals surface area contributed by atoms with Crippen molar-refractivity contribution in [3.05, 3.63) is 36.0 Å². The van der Waals surface area contributed by atoms with Crippen molar-refractivity contribution in [2.24, 2.45) is 13.0 Å². The molecule has 1 aromatic heterocycles. The van der Waals surface area contributed by atoms with Gasteiger partial charge in [-0.3, -0.25) is 0 Å². The molecule has 2 aromatic rings. The highest BCUT2D eigenvalue weighted by Gasteiger charge is 2.40. The molecule has 0 spiro atoms. The summed E-state index contributed by atoms with van der Waals surface area (Å²) < 4.78 is 7.23. The van der Waals surface area contributed by atoms with Crippen molar-refractivity contribution >= 4 is 23.3 Å². The average molecular weight is 341 g/mol. The quantitative estimate of drug-likeness (QED) is 0.770. The van der Waals surface area contributed by atoms with E-state index in [1.54, 1.807) is 7.11 Å². The van der Waals surface area contributed by atoms with Crippen LogP contribution in [0.5, 0.6) is 0 Å². The number of aryl methyl sites for hydroxylation is 1. The van der Waals surface area contributed by atoms with Crippen molar-refractivity contribution in [3.8, 4) is 0 Å². The van der Waals surface area contributed by atoms with Crippen LogP contribution in [0.1, 0.15) is 12.0 Å². The van der Waals surface area contributed by atoms with E-state index in [0.29, 0.717) is 13.2 Å². The molecule has 1 saturated carbocycles. The van der Waals surface area contributed by atoms with Crippen LogP contribution in [-0.2, 0) is 18.3 Å². The lowest BCUT2D eigenvalue weighted by Crippen LogP contribution is -2.39. The summed E-state index contributed by atoms with van der Waals surface area (Å²) in [5, 5.41) is 24.9. The van der Waals surface area contributed by atoms with Gasteiger partial charge in [0.15, 0.2) is 0 Å². The first-order chi connectivity index (χ1) is 10.6. The van der Waals surface area contributed by atoms with E-state index in [-0.39, 0.29) is 24.4 Å². The zero-order chi connectivity index (χ0) is 15.7. The molecule has 4 atom stereocenters. The van der Waals surface area contributed by atoms with Crippen molar-refractivity contribution in [1.29, 1.82) is 0 Å². The molecule has 0 unspecified atom stereocenters. The van der Waals surface area contributed by atoms with Gasteiger partial charge in [-0.1, -0.05) is 18.2 Å². The fraction of sp³-hybridized carbons (Fsp3) is 0.529. The van der Waals surface area contributed by atoms with Crippen LogP contribution in [-0.4, -0.2) is 46.7 Å². The van der Waals surface area contributed by atoms with Gasteiger partial charge in [0, 0.05) is 49.8 Å². The number of hydrogen-bond donors (Lipinski definition) is 3. The number of nitrogens with zero attached hydrogens (tertiary/aromatic N) is 1. The zero-order valence-corrected chi connectivity index (χ0v) is 14.3. The molecule has 6 heteroatoms. The van der Waals surface area contributed by atoms with Gasteiger partial charge in [-0.25, -0.2) is 0 Å². The summed E-state index contributed by atoms with van der Waals surface area (Å²) in [4.78, 5) is 0. The predicted molar refractivity (Wildman–Crippen MR) is 92.8 cm³/mol. The van der Waals surface area contributed by atoms with Gasteiger partial charge in [0.05, 0.1) is 18.8 Å². The topological polar surface area (TPSA) is 66.7 Å². The predicted octanol–water partition coefficient (Wildman–Crippen LogP) is 1.45. The van der Waals surface area contributed by atoms with Crippen LogP contribution in [0.2, 0.25) is 0 Å². The molecule has 1 aromatic carbocycles. The van der Waals surface area contributed by atoms with Gasteiger partial charge in [0.1, 0.15) is 0 Å². The van der Waals surface area contributed by atoms with Crippen molar-refractivity contribution in [3.63, 3.8) is 0 Å². The molecule has 1 aliphatic carbocycles. The number of nitrogens with one attached hydrogen (secondary N) is 1. The standard InChI is InChI=1S/C17H24N2O3.ClH/c1-19-9-12(13-5-3-4-6-15(13)19)8-18-14-7-11(10-22-2)16(20)17(14)21;/h3-6,9,11,14,16-18,20-21H,7-8,10H2,1-2H3;1H/t11-,14-,16-,17+;/m1./s1. The van der Waals surface area contributed by atoms with Crippen molar-refractivity contribution in [2.75, 3.05) is 13.7 Å². The average Bonchev–Trinajstić information content (AvgIpc) is 2.98. The Morgan fingerprint density at radius 2 is 2.00 bits per heavy atom. The molecule has 1 aliphatic rings. The largest absolute Gasteiger partial charge is 0.390 e. The molecule has 3 N–H and O–H groups in total. The van der Waals surface area contributed by atoms with E-state index in [1.807, 2.05) is 19.2 Å². The Hall–Kier alpha value is -1.11. The van der Waals surface area contributed by atoms with E-state index in [1.165, 1.54) is 16.5 Å². The number of aliphatic hydroxyl groups is 2. The minimum absolute atomic E-state index is 0. The molecule has 0 bridgehead atoms. The summed E-state index contributed by atoms with van der Waals surface area (Å²) in [6.45, 7) is 1.15. The Morgan fingerprint density at radius 1 is 1.26 bits per heavy atom. The molecular formula is C17H25ClN2O3. The molecule has 23 heavy (non-hydrogen) atoms. The Labute approximate surface area is 142 Å². The summed E-state index contributed by atoms with van der Waals surface area (Å²) in [7, 11) is 3.66. The highest BCUT2D eigenvalue weighted by Crippen LogP contribution is 2.28. The van der Waals surface area contributed by atoms with Crippen LogP contribution in [0.4, 0.5) is 0 Å². The highest BCUT2D eigenvalue weighted by atomic mass is 35.5. The fourth-order valence-corrected chi connectivity index (χ4v) is 3.51. The Morgan fingerprint density at radius 3 is 2.74 bits per heavy atom. The maximum absolute atomic E-state index is 10.2. The minimum atomic E-state index is -0.741. The third-order valence-corrected chi connectivity index (χ3v) is 4.72. The Kier molecular flexibility index (Phi) is 6.06. The molecule has 0 saturated heterocycles. The normalized spacial score (nSPS) is 27.3. The van der Waals surface area contributed by atoms with Gasteiger partial charge in [-0.05, 0) is 18.1 Å². The number of methoxy groups -OCH3 is 1. The van der Waals surface area contributed by atoms with E-state index >= 15 is 0 Å². The van der Waals surface area contributed by atoms with Gasteiger partial charge >= 0.3 is 0 Å². The lowest BCUT2D eigenvalue weighted by molar-refractivity contribution is -0.00597. The number of halogens is 1. The molecule has 0 radical (unpaired) electrons. The molecule has 1 fully saturated rings. The number of aliphatic hydroxyl groups excluding tert-OH is 2. The number of rotatable bonds is 5. The maximum Gasteiger partial charge on any atom is 0.0955 e. The van der Waals surface area contributed by atoms with Gasteiger partial charge < -0.3 is 24.8 Å². The van der Waals surface area contributed by atoms with E-state index < -0.39 is 12.2 Å². The number of hydrogen-bond acceptors (Lipinski definition) is 4. The van der Waals surface area contributed by atoms with Gasteiger partial charge in [0.2, 0.25) is 0 Å². The summed E-state index contributed by atoms with van der Waals surface area (Å²) in [6, 6.07) is 8.18. The second-order valence-corrected chi connectivity index (χ2v) is 6.20. The fourth-order valence-electron chi connectivity index (χ4n) is 3.51. The maximum atomic E-state index is 10.2. The second-order valence-electron chi connectivity index (χ2n) is 6.20. The third kappa shape index (κ3) is 3.54.